The quantitative estimate of drug-likeness (QED) is 0.531. The monoisotopic (exact) mass is 351 g/mol. The number of carbonyl (C=O) groups is 2. The number of hydrogen-bond donors (Lipinski definition) is 2. The van der Waals surface area contributed by atoms with Gasteiger partial charge in [-0.2, -0.15) is 0 Å². The summed E-state index contributed by atoms with van der Waals surface area (Å²) < 4.78 is 10.4. The van der Waals surface area contributed by atoms with E-state index >= 15 is 0 Å². The van der Waals surface area contributed by atoms with E-state index in [0.29, 0.717) is 24.5 Å². The lowest BCUT2D eigenvalue weighted by atomic mass is 10.1. The molecule has 0 bridgehead atoms. The molecule has 6 heteroatoms. The van der Waals surface area contributed by atoms with Gasteiger partial charge in [0.1, 0.15) is 0 Å². The van der Waals surface area contributed by atoms with E-state index in [4.69, 9.17) is 14.6 Å². The Bertz CT molecular complexity index is 545. The van der Waals surface area contributed by atoms with Gasteiger partial charge in [0.15, 0.2) is 18.1 Å². The Balaban J connectivity index is 2.36. The maximum atomic E-state index is 11.9. The number of ether oxygens (including phenoxy) is 2. The second kappa shape index (κ2) is 12.2. The number of carboxylic acid groups (broad SMARTS) is 1. The molecular weight excluding hydrogens is 322 g/mol. The molecule has 1 rings (SSSR count). The van der Waals surface area contributed by atoms with Crippen molar-refractivity contribution < 1.29 is 24.2 Å². The topological polar surface area (TPSA) is 84.9 Å². The standard InChI is InChI=1S/C19H29NO5/c1-3-4-5-6-7-8-9-18(21)20-13-15-10-11-16(17(12-15)24-2)25-14-19(22)23/h10-12H,3-9,13-14H2,1-2H3,(H,20,21)(H,22,23). The molecule has 0 aliphatic heterocycles. The molecule has 0 aromatic heterocycles. The molecule has 0 saturated heterocycles. The molecule has 0 atom stereocenters. The van der Waals surface area contributed by atoms with Gasteiger partial charge in [-0.05, 0) is 24.1 Å². The van der Waals surface area contributed by atoms with Crippen molar-refractivity contribution in [2.75, 3.05) is 13.7 Å². The first-order valence-corrected chi connectivity index (χ1v) is 8.85. The summed E-state index contributed by atoms with van der Waals surface area (Å²) >= 11 is 0. The Morgan fingerprint density at radius 2 is 1.80 bits per heavy atom. The highest BCUT2D eigenvalue weighted by Gasteiger charge is 2.09. The number of benzene rings is 1. The van der Waals surface area contributed by atoms with E-state index in [2.05, 4.69) is 12.2 Å². The van der Waals surface area contributed by atoms with E-state index < -0.39 is 12.6 Å². The number of aliphatic carboxylic acids is 1. The minimum Gasteiger partial charge on any atom is -0.493 e. The van der Waals surface area contributed by atoms with Gasteiger partial charge in [-0.1, -0.05) is 45.1 Å². The van der Waals surface area contributed by atoms with E-state index in [1.54, 1.807) is 18.2 Å². The smallest absolute Gasteiger partial charge is 0.341 e. The van der Waals surface area contributed by atoms with Crippen LogP contribution in [0, 0.1) is 0 Å². The first-order valence-electron chi connectivity index (χ1n) is 8.85. The van der Waals surface area contributed by atoms with Crippen molar-refractivity contribution in [2.45, 2.75) is 58.4 Å². The Morgan fingerprint density at radius 1 is 1.08 bits per heavy atom. The van der Waals surface area contributed by atoms with Crippen LogP contribution in [0.15, 0.2) is 18.2 Å². The average Bonchev–Trinajstić information content (AvgIpc) is 2.61. The molecular formula is C19H29NO5. The number of hydrogen-bond acceptors (Lipinski definition) is 4. The largest absolute Gasteiger partial charge is 0.493 e. The zero-order chi connectivity index (χ0) is 18.5. The number of carbonyl (C=O) groups excluding carboxylic acids is 1. The molecule has 0 aliphatic rings. The summed E-state index contributed by atoms with van der Waals surface area (Å²) in [6.07, 6.45) is 7.48. The zero-order valence-electron chi connectivity index (χ0n) is 15.2. The molecule has 25 heavy (non-hydrogen) atoms. The minimum atomic E-state index is -1.05. The number of rotatable bonds is 13. The van der Waals surface area contributed by atoms with Crippen molar-refractivity contribution in [1.29, 1.82) is 0 Å². The predicted molar refractivity (Wildman–Crippen MR) is 96.0 cm³/mol. The van der Waals surface area contributed by atoms with Gasteiger partial charge in [-0.25, -0.2) is 4.79 Å². The van der Waals surface area contributed by atoms with E-state index in [9.17, 15) is 9.59 Å². The van der Waals surface area contributed by atoms with E-state index in [1.807, 2.05) is 0 Å². The van der Waals surface area contributed by atoms with Gasteiger partial charge < -0.3 is 19.9 Å². The molecule has 0 saturated carbocycles. The predicted octanol–water partition coefficient (Wildman–Crippen LogP) is 3.53. The highest BCUT2D eigenvalue weighted by atomic mass is 16.5. The van der Waals surface area contributed by atoms with Crippen LogP contribution in [0.3, 0.4) is 0 Å². The Labute approximate surface area is 149 Å². The minimum absolute atomic E-state index is 0.0423. The van der Waals surface area contributed by atoms with Gasteiger partial charge in [-0.15, -0.1) is 0 Å². The lowest BCUT2D eigenvalue weighted by Crippen LogP contribution is -2.22. The fourth-order valence-electron chi connectivity index (χ4n) is 2.44. The van der Waals surface area contributed by atoms with Gasteiger partial charge in [0.05, 0.1) is 7.11 Å². The van der Waals surface area contributed by atoms with Crippen molar-refractivity contribution in [2.24, 2.45) is 0 Å². The van der Waals surface area contributed by atoms with Crippen molar-refractivity contribution in [3.05, 3.63) is 23.8 Å². The number of amides is 1. The first-order chi connectivity index (χ1) is 12.1. The van der Waals surface area contributed by atoms with Crippen LogP contribution in [0.4, 0.5) is 0 Å². The molecule has 0 spiro atoms. The second-order valence-corrected chi connectivity index (χ2v) is 5.96. The second-order valence-electron chi connectivity index (χ2n) is 5.96. The third kappa shape index (κ3) is 8.98. The van der Waals surface area contributed by atoms with E-state index in [-0.39, 0.29) is 5.91 Å². The highest BCUT2D eigenvalue weighted by molar-refractivity contribution is 5.75. The summed E-state index contributed by atoms with van der Waals surface area (Å²) in [5.74, 6) is -0.190. The highest BCUT2D eigenvalue weighted by Crippen LogP contribution is 2.28. The van der Waals surface area contributed by atoms with Crippen LogP contribution >= 0.6 is 0 Å². The third-order valence-electron chi connectivity index (χ3n) is 3.83. The summed E-state index contributed by atoms with van der Waals surface area (Å²) in [4.78, 5) is 22.4. The number of carboxylic acids is 1. The number of unbranched alkanes of at least 4 members (excludes halogenated alkanes) is 5. The van der Waals surface area contributed by atoms with Crippen molar-refractivity contribution in [3.8, 4) is 11.5 Å². The van der Waals surface area contributed by atoms with E-state index in [1.165, 1.54) is 32.8 Å². The van der Waals surface area contributed by atoms with Crippen LogP contribution < -0.4 is 14.8 Å². The Morgan fingerprint density at radius 3 is 2.48 bits per heavy atom. The SMILES string of the molecule is CCCCCCCCC(=O)NCc1ccc(OCC(=O)O)c(OC)c1. The normalized spacial score (nSPS) is 10.3. The molecule has 0 fully saturated rings. The van der Waals surface area contributed by atoms with Crippen LogP contribution in [0.5, 0.6) is 11.5 Å². The molecule has 0 radical (unpaired) electrons. The maximum Gasteiger partial charge on any atom is 0.341 e. The summed E-state index contributed by atoms with van der Waals surface area (Å²) in [6, 6.07) is 5.17. The first kappa shape index (κ1) is 20.8. The van der Waals surface area contributed by atoms with Crippen molar-refractivity contribution in [3.63, 3.8) is 0 Å². The van der Waals surface area contributed by atoms with Gasteiger partial charge in [0.2, 0.25) is 5.91 Å². The number of nitrogens with one attached hydrogen (secondary N) is 1. The van der Waals surface area contributed by atoms with Crippen LogP contribution in [0.2, 0.25) is 0 Å². The zero-order valence-corrected chi connectivity index (χ0v) is 15.2. The van der Waals surface area contributed by atoms with Gasteiger partial charge in [0, 0.05) is 13.0 Å². The van der Waals surface area contributed by atoms with Crippen LogP contribution in [-0.2, 0) is 16.1 Å². The molecule has 2 N–H and O–H groups in total. The van der Waals surface area contributed by atoms with Gasteiger partial charge in [-0.3, -0.25) is 4.79 Å². The summed E-state index contributed by atoms with van der Waals surface area (Å²) in [5.41, 5.74) is 0.871. The van der Waals surface area contributed by atoms with Crippen LogP contribution in [0.25, 0.3) is 0 Å². The van der Waals surface area contributed by atoms with E-state index in [0.717, 1.165) is 18.4 Å². The van der Waals surface area contributed by atoms with Crippen LogP contribution in [0.1, 0.15) is 57.4 Å². The molecule has 0 heterocycles. The molecule has 1 amide bonds. The molecule has 1 aromatic carbocycles. The third-order valence-corrected chi connectivity index (χ3v) is 3.83. The van der Waals surface area contributed by atoms with Crippen molar-refractivity contribution in [1.82, 2.24) is 5.32 Å². The lowest BCUT2D eigenvalue weighted by molar-refractivity contribution is -0.139. The molecule has 140 valence electrons. The summed E-state index contributed by atoms with van der Waals surface area (Å²) in [7, 11) is 1.49. The van der Waals surface area contributed by atoms with Crippen LogP contribution in [-0.4, -0.2) is 30.7 Å². The lowest BCUT2D eigenvalue weighted by Gasteiger charge is -2.11. The van der Waals surface area contributed by atoms with Crippen molar-refractivity contribution >= 4 is 11.9 Å². The van der Waals surface area contributed by atoms with Gasteiger partial charge >= 0.3 is 5.97 Å². The summed E-state index contributed by atoms with van der Waals surface area (Å²) in [6.45, 7) is 2.17. The molecule has 0 aliphatic carbocycles. The average molecular weight is 351 g/mol. The molecule has 6 nitrogen and oxygen atoms in total. The fourth-order valence-corrected chi connectivity index (χ4v) is 2.44. The Hall–Kier alpha value is -2.24. The fraction of sp³-hybridized carbons (Fsp3) is 0.579. The number of methoxy groups -OCH3 is 1. The van der Waals surface area contributed by atoms with Gasteiger partial charge in [0.25, 0.3) is 0 Å². The maximum absolute atomic E-state index is 11.9. The summed E-state index contributed by atoms with van der Waals surface area (Å²) in [5, 5.41) is 11.5. The Kier molecular flexibility index (Phi) is 10.1. The molecule has 0 unspecified atom stereocenters. The molecule has 1 aromatic rings.